The number of ether oxygens (including phenoxy) is 1. The second-order valence-corrected chi connectivity index (χ2v) is 7.43. The number of hydrogen-bond acceptors (Lipinski definition) is 4. The molecule has 1 aromatic heterocycles. The first-order valence-corrected chi connectivity index (χ1v) is 10.8. The number of para-hydroxylation sites is 1. The van der Waals surface area contributed by atoms with Crippen LogP contribution in [-0.4, -0.2) is 31.1 Å². The van der Waals surface area contributed by atoms with E-state index in [1.807, 2.05) is 73.7 Å². The van der Waals surface area contributed by atoms with Gasteiger partial charge >= 0.3 is 0 Å². The topological polar surface area (TPSA) is 45.7 Å². The lowest BCUT2D eigenvalue weighted by molar-refractivity contribution is 0.0988. The minimum atomic E-state index is -0.0369. The van der Waals surface area contributed by atoms with Crippen LogP contribution in [0.15, 0.2) is 85.1 Å². The summed E-state index contributed by atoms with van der Waals surface area (Å²) in [5.74, 6) is 1.58. The molecule has 0 radical (unpaired) electrons. The molecule has 0 aliphatic heterocycles. The van der Waals surface area contributed by atoms with Crippen molar-refractivity contribution in [3.8, 4) is 5.75 Å². The molecule has 0 saturated carbocycles. The van der Waals surface area contributed by atoms with Crippen molar-refractivity contribution in [3.05, 3.63) is 90.6 Å². The van der Waals surface area contributed by atoms with E-state index >= 15 is 0 Å². The largest absolute Gasteiger partial charge is 0.497 e. The average molecular weight is 426 g/mol. The quantitative estimate of drug-likeness (QED) is 0.361. The Bertz CT molecular complexity index is 1220. The van der Waals surface area contributed by atoms with Gasteiger partial charge in [0.15, 0.2) is 0 Å². The predicted octanol–water partition coefficient (Wildman–Crippen LogP) is 6.07. The van der Waals surface area contributed by atoms with Crippen LogP contribution in [0.1, 0.15) is 24.2 Å². The maximum Gasteiger partial charge on any atom is 0.258 e. The van der Waals surface area contributed by atoms with Crippen molar-refractivity contribution in [3.63, 3.8) is 0 Å². The standard InChI is InChI=1S/C27H27N3O2/c1-4-29(23-9-7-6-8-10-23)26-19-24(15-16-28-26)30(5-2)27(31)22-12-11-21-18-25(32-3)14-13-20(21)17-22/h6-19H,4-5H2,1-3H3. The highest BCUT2D eigenvalue weighted by Gasteiger charge is 2.18. The highest BCUT2D eigenvalue weighted by atomic mass is 16.5. The number of pyridine rings is 1. The number of fused-ring (bicyclic) bond motifs is 1. The van der Waals surface area contributed by atoms with Crippen molar-refractivity contribution in [2.75, 3.05) is 30.0 Å². The first kappa shape index (κ1) is 21.4. The number of carbonyl (C=O) groups excluding carboxylic acids is 1. The number of anilines is 3. The zero-order valence-corrected chi connectivity index (χ0v) is 18.7. The lowest BCUT2D eigenvalue weighted by Gasteiger charge is -2.25. The Morgan fingerprint density at radius 3 is 2.31 bits per heavy atom. The van der Waals surface area contributed by atoms with E-state index < -0.39 is 0 Å². The molecule has 0 fully saturated rings. The SMILES string of the molecule is CCN(C(=O)c1ccc2cc(OC)ccc2c1)c1ccnc(N(CC)c2ccccc2)c1. The highest BCUT2D eigenvalue weighted by Crippen LogP contribution is 2.28. The van der Waals surface area contributed by atoms with Gasteiger partial charge in [-0.15, -0.1) is 0 Å². The molecule has 0 aliphatic carbocycles. The molecule has 5 heteroatoms. The van der Waals surface area contributed by atoms with Crippen molar-refractivity contribution in [1.29, 1.82) is 0 Å². The van der Waals surface area contributed by atoms with Crippen LogP contribution >= 0.6 is 0 Å². The zero-order valence-electron chi connectivity index (χ0n) is 18.7. The van der Waals surface area contributed by atoms with Crippen molar-refractivity contribution in [2.24, 2.45) is 0 Å². The molecule has 0 aliphatic rings. The number of carbonyl (C=O) groups is 1. The minimum Gasteiger partial charge on any atom is -0.497 e. The van der Waals surface area contributed by atoms with Crippen molar-refractivity contribution in [1.82, 2.24) is 4.98 Å². The molecule has 0 bridgehead atoms. The van der Waals surface area contributed by atoms with Gasteiger partial charge in [-0.25, -0.2) is 4.98 Å². The van der Waals surface area contributed by atoms with Gasteiger partial charge in [0.25, 0.3) is 5.91 Å². The molecule has 0 unspecified atom stereocenters. The number of methoxy groups -OCH3 is 1. The molecule has 4 aromatic rings. The van der Waals surface area contributed by atoms with Crippen molar-refractivity contribution < 1.29 is 9.53 Å². The maximum absolute atomic E-state index is 13.4. The van der Waals surface area contributed by atoms with E-state index in [1.165, 1.54) is 0 Å². The van der Waals surface area contributed by atoms with Gasteiger partial charge in [-0.05, 0) is 67.1 Å². The summed E-state index contributed by atoms with van der Waals surface area (Å²) >= 11 is 0. The van der Waals surface area contributed by atoms with Crippen LogP contribution in [0.2, 0.25) is 0 Å². The van der Waals surface area contributed by atoms with Gasteiger partial charge in [0.1, 0.15) is 11.6 Å². The Labute approximate surface area is 188 Å². The van der Waals surface area contributed by atoms with Crippen LogP contribution in [0.4, 0.5) is 17.2 Å². The van der Waals surface area contributed by atoms with Gasteiger partial charge in [-0.3, -0.25) is 4.79 Å². The van der Waals surface area contributed by atoms with E-state index in [0.717, 1.165) is 40.3 Å². The van der Waals surface area contributed by atoms with Gasteiger partial charge < -0.3 is 14.5 Å². The molecule has 4 rings (SSSR count). The number of benzene rings is 3. The molecule has 162 valence electrons. The number of aromatic nitrogens is 1. The lowest BCUT2D eigenvalue weighted by atomic mass is 10.1. The van der Waals surface area contributed by atoms with Crippen LogP contribution in [0.3, 0.4) is 0 Å². The molecule has 0 N–H and O–H groups in total. The summed E-state index contributed by atoms with van der Waals surface area (Å²) in [6, 6.07) is 25.6. The zero-order chi connectivity index (χ0) is 22.5. The Balaban J connectivity index is 1.65. The van der Waals surface area contributed by atoms with Crippen LogP contribution in [0.25, 0.3) is 10.8 Å². The molecular formula is C27H27N3O2. The van der Waals surface area contributed by atoms with Gasteiger partial charge in [-0.2, -0.15) is 0 Å². The Morgan fingerprint density at radius 2 is 1.59 bits per heavy atom. The summed E-state index contributed by atoms with van der Waals surface area (Å²) in [5.41, 5.74) is 2.55. The minimum absolute atomic E-state index is 0.0369. The molecule has 3 aromatic carbocycles. The van der Waals surface area contributed by atoms with E-state index in [4.69, 9.17) is 4.74 Å². The molecule has 1 heterocycles. The Hall–Kier alpha value is -3.86. The van der Waals surface area contributed by atoms with Crippen LogP contribution in [-0.2, 0) is 0 Å². The number of amides is 1. The number of rotatable bonds is 7. The molecule has 1 amide bonds. The molecule has 0 saturated heterocycles. The highest BCUT2D eigenvalue weighted by molar-refractivity contribution is 6.08. The summed E-state index contributed by atoms with van der Waals surface area (Å²) in [7, 11) is 1.65. The third kappa shape index (κ3) is 4.28. The van der Waals surface area contributed by atoms with Crippen molar-refractivity contribution >= 4 is 33.9 Å². The molecule has 32 heavy (non-hydrogen) atoms. The Morgan fingerprint density at radius 1 is 0.844 bits per heavy atom. The van der Waals surface area contributed by atoms with Crippen LogP contribution in [0, 0.1) is 0 Å². The fraction of sp³-hybridized carbons (Fsp3) is 0.185. The van der Waals surface area contributed by atoms with Crippen LogP contribution < -0.4 is 14.5 Å². The van der Waals surface area contributed by atoms with E-state index in [0.29, 0.717) is 12.1 Å². The summed E-state index contributed by atoms with van der Waals surface area (Å²) < 4.78 is 5.30. The van der Waals surface area contributed by atoms with Crippen LogP contribution in [0.5, 0.6) is 5.75 Å². The second-order valence-electron chi connectivity index (χ2n) is 7.43. The van der Waals surface area contributed by atoms with Gasteiger partial charge in [0.2, 0.25) is 0 Å². The fourth-order valence-electron chi connectivity index (χ4n) is 3.89. The van der Waals surface area contributed by atoms with Gasteiger partial charge in [0, 0.05) is 42.3 Å². The summed E-state index contributed by atoms with van der Waals surface area (Å²) in [4.78, 5) is 21.9. The monoisotopic (exact) mass is 425 g/mol. The average Bonchev–Trinajstić information content (AvgIpc) is 2.85. The predicted molar refractivity (Wildman–Crippen MR) is 131 cm³/mol. The smallest absolute Gasteiger partial charge is 0.258 e. The van der Waals surface area contributed by atoms with E-state index in [2.05, 4.69) is 28.9 Å². The second kappa shape index (κ2) is 9.52. The summed E-state index contributed by atoms with van der Waals surface area (Å²) in [6.07, 6.45) is 1.76. The third-order valence-corrected chi connectivity index (χ3v) is 5.56. The molecule has 0 spiro atoms. The van der Waals surface area contributed by atoms with Gasteiger partial charge in [0.05, 0.1) is 7.11 Å². The summed E-state index contributed by atoms with van der Waals surface area (Å²) in [6.45, 7) is 5.40. The first-order valence-electron chi connectivity index (χ1n) is 10.8. The normalized spacial score (nSPS) is 10.7. The first-order chi connectivity index (χ1) is 15.6. The van der Waals surface area contributed by atoms with Crippen molar-refractivity contribution in [2.45, 2.75) is 13.8 Å². The Kier molecular flexibility index (Phi) is 6.36. The van der Waals surface area contributed by atoms with E-state index in [1.54, 1.807) is 18.2 Å². The number of nitrogens with zero attached hydrogens (tertiary/aromatic N) is 3. The third-order valence-electron chi connectivity index (χ3n) is 5.56. The number of hydrogen-bond donors (Lipinski definition) is 0. The summed E-state index contributed by atoms with van der Waals surface area (Å²) in [5, 5.41) is 2.04. The van der Waals surface area contributed by atoms with Gasteiger partial charge in [-0.1, -0.05) is 30.3 Å². The lowest BCUT2D eigenvalue weighted by Crippen LogP contribution is -2.31. The molecule has 0 atom stereocenters. The fourth-order valence-corrected chi connectivity index (χ4v) is 3.89. The van der Waals surface area contributed by atoms with E-state index in [9.17, 15) is 4.79 Å². The maximum atomic E-state index is 13.4. The molecular weight excluding hydrogens is 398 g/mol. The molecule has 5 nitrogen and oxygen atoms in total. The van der Waals surface area contributed by atoms with E-state index in [-0.39, 0.29) is 5.91 Å².